The van der Waals surface area contributed by atoms with E-state index in [1.165, 1.54) is 0 Å². The molecule has 0 N–H and O–H groups in total. The summed E-state index contributed by atoms with van der Waals surface area (Å²) in [5.41, 5.74) is 2.43. The van der Waals surface area contributed by atoms with Crippen LogP contribution in [0.1, 0.15) is 15.9 Å². The molecule has 3 rings (SSSR count). The van der Waals surface area contributed by atoms with Crippen molar-refractivity contribution < 1.29 is 9.53 Å². The van der Waals surface area contributed by atoms with Gasteiger partial charge in [-0.15, -0.1) is 0 Å². The Morgan fingerprint density at radius 2 is 2.00 bits per heavy atom. The first kappa shape index (κ1) is 13.6. The maximum absolute atomic E-state index is 10.7. The molecule has 0 atom stereocenters. The number of rotatable bonds is 4. The van der Waals surface area contributed by atoms with Gasteiger partial charge in [-0.2, -0.15) is 0 Å². The van der Waals surface area contributed by atoms with E-state index in [-0.39, 0.29) is 0 Å². The molecule has 0 unspecified atom stereocenters. The van der Waals surface area contributed by atoms with Gasteiger partial charge in [0, 0.05) is 22.7 Å². The van der Waals surface area contributed by atoms with Gasteiger partial charge in [-0.25, -0.2) is 0 Å². The van der Waals surface area contributed by atoms with Crippen LogP contribution in [0.25, 0.3) is 10.9 Å². The average molecular weight is 298 g/mol. The summed E-state index contributed by atoms with van der Waals surface area (Å²) in [6, 6.07) is 14.8. The van der Waals surface area contributed by atoms with E-state index in [1.54, 1.807) is 24.4 Å². The van der Waals surface area contributed by atoms with Crippen LogP contribution in [-0.4, -0.2) is 11.3 Å². The van der Waals surface area contributed by atoms with Crippen molar-refractivity contribution in [2.75, 3.05) is 0 Å². The Labute approximate surface area is 127 Å². The quantitative estimate of drug-likeness (QED) is 0.675. The second-order valence-corrected chi connectivity index (χ2v) is 5.00. The van der Waals surface area contributed by atoms with Crippen molar-refractivity contribution >= 4 is 28.8 Å². The molecule has 0 fully saturated rings. The molecule has 0 aliphatic heterocycles. The SMILES string of the molecule is O=Cc1ccc(OCc2cccc3cccnc23)c(Cl)c1. The van der Waals surface area contributed by atoms with E-state index in [4.69, 9.17) is 16.3 Å². The molecule has 0 aliphatic rings. The van der Waals surface area contributed by atoms with E-state index in [1.807, 2.05) is 30.3 Å². The average Bonchev–Trinajstić information content (AvgIpc) is 2.53. The predicted octanol–water partition coefficient (Wildman–Crippen LogP) is 4.28. The van der Waals surface area contributed by atoms with E-state index < -0.39 is 0 Å². The summed E-state index contributed by atoms with van der Waals surface area (Å²) in [6.07, 6.45) is 2.52. The smallest absolute Gasteiger partial charge is 0.150 e. The lowest BCUT2D eigenvalue weighted by Gasteiger charge is -2.10. The first-order valence-corrected chi connectivity index (χ1v) is 6.86. The highest BCUT2D eigenvalue weighted by Gasteiger charge is 2.06. The fourth-order valence-corrected chi connectivity index (χ4v) is 2.39. The number of pyridine rings is 1. The number of carbonyl (C=O) groups is 1. The molecule has 1 heterocycles. The first-order valence-electron chi connectivity index (χ1n) is 6.48. The number of hydrogen-bond acceptors (Lipinski definition) is 3. The number of benzene rings is 2. The second-order valence-electron chi connectivity index (χ2n) is 4.59. The Hall–Kier alpha value is -2.39. The number of aldehydes is 1. The van der Waals surface area contributed by atoms with E-state index in [2.05, 4.69) is 4.98 Å². The third-order valence-corrected chi connectivity index (χ3v) is 3.49. The van der Waals surface area contributed by atoms with Crippen molar-refractivity contribution in [2.24, 2.45) is 0 Å². The molecule has 21 heavy (non-hydrogen) atoms. The molecule has 4 heteroatoms. The number of ether oxygens (including phenoxy) is 1. The molecular formula is C17H12ClNO2. The van der Waals surface area contributed by atoms with Gasteiger partial charge in [0.05, 0.1) is 10.5 Å². The molecule has 3 nitrogen and oxygen atoms in total. The largest absolute Gasteiger partial charge is 0.487 e. The van der Waals surface area contributed by atoms with Gasteiger partial charge in [0.1, 0.15) is 18.6 Å². The number of nitrogens with zero attached hydrogens (tertiary/aromatic N) is 1. The summed E-state index contributed by atoms with van der Waals surface area (Å²) in [5.74, 6) is 0.551. The summed E-state index contributed by atoms with van der Waals surface area (Å²) >= 11 is 6.09. The van der Waals surface area contributed by atoms with Crippen LogP contribution in [0.5, 0.6) is 5.75 Å². The number of fused-ring (bicyclic) bond motifs is 1. The van der Waals surface area contributed by atoms with Gasteiger partial charge in [0.2, 0.25) is 0 Å². The van der Waals surface area contributed by atoms with Crippen molar-refractivity contribution in [3.63, 3.8) is 0 Å². The first-order chi connectivity index (χ1) is 10.3. The minimum absolute atomic E-state index is 0.370. The predicted molar refractivity (Wildman–Crippen MR) is 82.9 cm³/mol. The molecule has 0 spiro atoms. The fourth-order valence-electron chi connectivity index (χ4n) is 2.15. The van der Waals surface area contributed by atoms with Gasteiger partial charge >= 0.3 is 0 Å². The lowest BCUT2D eigenvalue weighted by Crippen LogP contribution is -1.98. The third kappa shape index (κ3) is 2.88. The summed E-state index contributed by atoms with van der Waals surface area (Å²) in [5, 5.41) is 1.49. The summed E-state index contributed by atoms with van der Waals surface area (Å²) in [4.78, 5) is 15.1. The number of carbonyl (C=O) groups excluding carboxylic acids is 1. The summed E-state index contributed by atoms with van der Waals surface area (Å²) in [6.45, 7) is 0.370. The van der Waals surface area contributed by atoms with Crippen LogP contribution >= 0.6 is 11.6 Å². The van der Waals surface area contributed by atoms with Crippen molar-refractivity contribution in [3.8, 4) is 5.75 Å². The van der Waals surface area contributed by atoms with Crippen molar-refractivity contribution in [1.29, 1.82) is 0 Å². The molecule has 1 aromatic heterocycles. The highest BCUT2D eigenvalue weighted by molar-refractivity contribution is 6.32. The molecule has 2 aromatic carbocycles. The van der Waals surface area contributed by atoms with E-state index in [0.717, 1.165) is 22.8 Å². The molecule has 0 saturated carbocycles. The number of hydrogen-bond donors (Lipinski definition) is 0. The molecule has 0 radical (unpaired) electrons. The number of halogens is 1. The van der Waals surface area contributed by atoms with Crippen molar-refractivity contribution in [2.45, 2.75) is 6.61 Å². The van der Waals surface area contributed by atoms with E-state index in [0.29, 0.717) is 22.9 Å². The van der Waals surface area contributed by atoms with Gasteiger partial charge in [0.15, 0.2) is 0 Å². The Bertz CT molecular complexity index is 796. The normalized spacial score (nSPS) is 10.5. The van der Waals surface area contributed by atoms with Crippen LogP contribution in [0.15, 0.2) is 54.7 Å². The maximum Gasteiger partial charge on any atom is 0.150 e. The van der Waals surface area contributed by atoms with E-state index >= 15 is 0 Å². The highest BCUT2D eigenvalue weighted by Crippen LogP contribution is 2.26. The molecule has 0 bridgehead atoms. The van der Waals surface area contributed by atoms with Crippen LogP contribution in [0.4, 0.5) is 0 Å². The van der Waals surface area contributed by atoms with Gasteiger partial charge in [-0.1, -0.05) is 35.9 Å². The van der Waals surface area contributed by atoms with Gasteiger partial charge in [-0.05, 0) is 24.3 Å². The van der Waals surface area contributed by atoms with Crippen molar-refractivity contribution in [1.82, 2.24) is 4.98 Å². The maximum atomic E-state index is 10.7. The van der Waals surface area contributed by atoms with Gasteiger partial charge in [0.25, 0.3) is 0 Å². The lowest BCUT2D eigenvalue weighted by atomic mass is 10.1. The topological polar surface area (TPSA) is 39.2 Å². The number of para-hydroxylation sites is 1. The fraction of sp³-hybridized carbons (Fsp3) is 0.0588. The Morgan fingerprint density at radius 3 is 2.81 bits per heavy atom. The second kappa shape index (κ2) is 5.94. The van der Waals surface area contributed by atoms with E-state index in [9.17, 15) is 4.79 Å². The molecule has 104 valence electrons. The summed E-state index contributed by atoms with van der Waals surface area (Å²) < 4.78 is 5.74. The Morgan fingerprint density at radius 1 is 1.14 bits per heavy atom. The van der Waals surface area contributed by atoms with Crippen molar-refractivity contribution in [3.05, 3.63) is 70.9 Å². The van der Waals surface area contributed by atoms with Crippen LogP contribution in [0, 0.1) is 0 Å². The molecule has 0 amide bonds. The lowest BCUT2D eigenvalue weighted by molar-refractivity contribution is 0.112. The molecule has 3 aromatic rings. The van der Waals surface area contributed by atoms with Crippen LogP contribution in [-0.2, 0) is 6.61 Å². The standard InChI is InChI=1S/C17H12ClNO2/c18-15-9-12(10-20)6-7-16(15)21-11-14-4-1-3-13-5-2-8-19-17(13)14/h1-10H,11H2. The Balaban J connectivity index is 1.85. The van der Waals surface area contributed by atoms with Crippen LogP contribution in [0.2, 0.25) is 5.02 Å². The Kier molecular flexibility index (Phi) is 3.84. The zero-order valence-corrected chi connectivity index (χ0v) is 11.9. The highest BCUT2D eigenvalue weighted by atomic mass is 35.5. The minimum atomic E-state index is 0.370. The zero-order valence-electron chi connectivity index (χ0n) is 11.1. The van der Waals surface area contributed by atoms with Gasteiger partial charge < -0.3 is 4.74 Å². The monoisotopic (exact) mass is 297 g/mol. The molecular weight excluding hydrogens is 286 g/mol. The minimum Gasteiger partial charge on any atom is -0.487 e. The molecule has 0 aliphatic carbocycles. The molecule has 0 saturated heterocycles. The van der Waals surface area contributed by atoms with Crippen LogP contribution < -0.4 is 4.74 Å². The zero-order chi connectivity index (χ0) is 14.7. The third-order valence-electron chi connectivity index (χ3n) is 3.19. The summed E-state index contributed by atoms with van der Waals surface area (Å²) in [7, 11) is 0. The van der Waals surface area contributed by atoms with Gasteiger partial charge in [-0.3, -0.25) is 9.78 Å². The van der Waals surface area contributed by atoms with Crippen LogP contribution in [0.3, 0.4) is 0 Å². The number of aromatic nitrogens is 1.